The number of aryl methyl sites for hydroxylation is 1. The highest BCUT2D eigenvalue weighted by molar-refractivity contribution is 5.90. The molecular weight excluding hydrogens is 242 g/mol. The minimum atomic E-state index is -0.159. The third-order valence-electron chi connectivity index (χ3n) is 3.59. The number of piperidine rings is 1. The second-order valence-corrected chi connectivity index (χ2v) is 5.04. The van der Waals surface area contributed by atoms with Crippen molar-refractivity contribution in [1.29, 1.82) is 0 Å². The van der Waals surface area contributed by atoms with E-state index in [1.54, 1.807) is 0 Å². The third kappa shape index (κ3) is 3.76. The summed E-state index contributed by atoms with van der Waals surface area (Å²) < 4.78 is 0. The number of H-pyrrole nitrogens is 1. The van der Waals surface area contributed by atoms with E-state index in [4.69, 9.17) is 0 Å². The van der Waals surface area contributed by atoms with Gasteiger partial charge in [-0.2, -0.15) is 0 Å². The maximum Gasteiger partial charge on any atom is 0.291 e. The van der Waals surface area contributed by atoms with Crippen LogP contribution in [0.15, 0.2) is 0 Å². The lowest BCUT2D eigenvalue weighted by Crippen LogP contribution is -2.44. The van der Waals surface area contributed by atoms with Crippen molar-refractivity contribution in [2.24, 2.45) is 0 Å². The van der Waals surface area contributed by atoms with Gasteiger partial charge in [-0.15, -0.1) is 5.10 Å². The van der Waals surface area contributed by atoms with Gasteiger partial charge in [-0.1, -0.05) is 13.8 Å². The molecule has 2 rings (SSSR count). The Bertz CT molecular complexity index is 409. The maximum absolute atomic E-state index is 12.0. The number of hydrogen-bond donors (Lipinski definition) is 2. The molecule has 1 aromatic heterocycles. The number of carbonyl (C=O) groups excluding carboxylic acids is 1. The molecule has 0 spiro atoms. The van der Waals surface area contributed by atoms with E-state index in [2.05, 4.69) is 39.2 Å². The van der Waals surface area contributed by atoms with E-state index < -0.39 is 0 Å². The van der Waals surface area contributed by atoms with Gasteiger partial charge in [0.15, 0.2) is 0 Å². The lowest BCUT2D eigenvalue weighted by molar-refractivity contribution is 0.0902. The number of aromatic nitrogens is 3. The van der Waals surface area contributed by atoms with E-state index in [9.17, 15) is 4.79 Å². The summed E-state index contributed by atoms with van der Waals surface area (Å²) in [5.74, 6) is 0.892. The van der Waals surface area contributed by atoms with Crippen LogP contribution in [-0.2, 0) is 6.42 Å². The average Bonchev–Trinajstić information content (AvgIpc) is 2.89. The van der Waals surface area contributed by atoms with Gasteiger partial charge in [0.2, 0.25) is 5.82 Å². The Morgan fingerprint density at radius 2 is 2.16 bits per heavy atom. The number of likely N-dealkylation sites (tertiary alicyclic amines) is 1. The van der Waals surface area contributed by atoms with Crippen LogP contribution in [0.1, 0.15) is 49.6 Å². The second-order valence-electron chi connectivity index (χ2n) is 5.04. The Morgan fingerprint density at radius 1 is 1.42 bits per heavy atom. The second kappa shape index (κ2) is 6.65. The minimum absolute atomic E-state index is 0.159. The first-order valence-corrected chi connectivity index (χ1v) is 7.17. The van der Waals surface area contributed by atoms with Crippen molar-refractivity contribution >= 4 is 5.91 Å². The number of aromatic amines is 1. The van der Waals surface area contributed by atoms with Crippen LogP contribution in [0.2, 0.25) is 0 Å². The van der Waals surface area contributed by atoms with Crippen molar-refractivity contribution in [2.45, 2.75) is 45.6 Å². The quantitative estimate of drug-likeness (QED) is 0.832. The van der Waals surface area contributed by atoms with Crippen LogP contribution in [0.5, 0.6) is 0 Å². The molecule has 0 saturated carbocycles. The monoisotopic (exact) mass is 265 g/mol. The highest BCUT2D eigenvalue weighted by Gasteiger charge is 2.21. The molecule has 1 amide bonds. The van der Waals surface area contributed by atoms with Crippen LogP contribution in [0.3, 0.4) is 0 Å². The number of carbonyl (C=O) groups is 1. The molecule has 19 heavy (non-hydrogen) atoms. The first-order chi connectivity index (χ1) is 9.22. The zero-order valence-electron chi connectivity index (χ0n) is 11.8. The molecule has 106 valence electrons. The van der Waals surface area contributed by atoms with Crippen molar-refractivity contribution in [1.82, 2.24) is 25.4 Å². The third-order valence-corrected chi connectivity index (χ3v) is 3.59. The fourth-order valence-electron chi connectivity index (χ4n) is 2.39. The Labute approximate surface area is 114 Å². The van der Waals surface area contributed by atoms with Crippen LogP contribution in [0, 0.1) is 0 Å². The molecule has 1 aliphatic heterocycles. The van der Waals surface area contributed by atoms with Gasteiger partial charge in [0.25, 0.3) is 5.91 Å². The molecule has 6 heteroatoms. The summed E-state index contributed by atoms with van der Waals surface area (Å²) >= 11 is 0. The summed E-state index contributed by atoms with van der Waals surface area (Å²) in [7, 11) is 0. The molecular formula is C13H23N5O. The fraction of sp³-hybridized carbons (Fsp3) is 0.769. The number of nitrogens with one attached hydrogen (secondary N) is 2. The zero-order chi connectivity index (χ0) is 13.7. The average molecular weight is 265 g/mol. The normalized spacial score (nSPS) is 17.6. The van der Waals surface area contributed by atoms with Gasteiger partial charge in [-0.25, -0.2) is 4.98 Å². The smallest absolute Gasteiger partial charge is 0.291 e. The molecule has 1 aliphatic rings. The molecule has 0 atom stereocenters. The molecule has 2 heterocycles. The van der Waals surface area contributed by atoms with Gasteiger partial charge in [0, 0.05) is 25.6 Å². The number of nitrogens with zero attached hydrogens (tertiary/aromatic N) is 3. The van der Waals surface area contributed by atoms with E-state index in [0.717, 1.165) is 51.1 Å². The Hall–Kier alpha value is -1.43. The highest BCUT2D eigenvalue weighted by Crippen LogP contribution is 2.10. The van der Waals surface area contributed by atoms with Gasteiger partial charge in [-0.3, -0.25) is 9.89 Å². The number of rotatable bonds is 5. The molecule has 1 saturated heterocycles. The van der Waals surface area contributed by atoms with Crippen LogP contribution in [0.4, 0.5) is 0 Å². The molecule has 0 aromatic carbocycles. The van der Waals surface area contributed by atoms with Gasteiger partial charge in [-0.05, 0) is 25.8 Å². The Balaban J connectivity index is 1.83. The Kier molecular flexibility index (Phi) is 4.90. The van der Waals surface area contributed by atoms with E-state index in [0.29, 0.717) is 0 Å². The summed E-state index contributed by atoms with van der Waals surface area (Å²) in [5, 5.41) is 9.81. The topological polar surface area (TPSA) is 73.9 Å². The summed E-state index contributed by atoms with van der Waals surface area (Å²) in [5.41, 5.74) is 0. The van der Waals surface area contributed by atoms with Crippen molar-refractivity contribution in [3.05, 3.63) is 11.6 Å². The minimum Gasteiger partial charge on any atom is -0.346 e. The van der Waals surface area contributed by atoms with Crippen molar-refractivity contribution < 1.29 is 4.79 Å². The van der Waals surface area contributed by atoms with Gasteiger partial charge < -0.3 is 10.2 Å². The van der Waals surface area contributed by atoms with Crippen LogP contribution in [0.25, 0.3) is 0 Å². The molecule has 1 aromatic rings. The summed E-state index contributed by atoms with van der Waals surface area (Å²) in [4.78, 5) is 18.6. The van der Waals surface area contributed by atoms with E-state index >= 15 is 0 Å². The van der Waals surface area contributed by atoms with Gasteiger partial charge >= 0.3 is 0 Å². The summed E-state index contributed by atoms with van der Waals surface area (Å²) in [6.45, 7) is 7.43. The first kappa shape index (κ1) is 14.0. The largest absolute Gasteiger partial charge is 0.346 e. The molecule has 0 aliphatic carbocycles. The summed E-state index contributed by atoms with van der Waals surface area (Å²) in [6, 6.07) is 0.253. The Morgan fingerprint density at radius 3 is 2.79 bits per heavy atom. The lowest BCUT2D eigenvalue weighted by atomic mass is 10.1. The van der Waals surface area contributed by atoms with E-state index in [1.165, 1.54) is 0 Å². The SMILES string of the molecule is CCCc1nc(C(=O)NC2CCN(CC)CC2)n[nH]1. The van der Waals surface area contributed by atoms with E-state index in [-0.39, 0.29) is 17.8 Å². The van der Waals surface area contributed by atoms with Crippen molar-refractivity contribution in [3.8, 4) is 0 Å². The fourth-order valence-corrected chi connectivity index (χ4v) is 2.39. The van der Waals surface area contributed by atoms with Crippen molar-refractivity contribution in [2.75, 3.05) is 19.6 Å². The molecule has 0 bridgehead atoms. The van der Waals surface area contributed by atoms with Crippen LogP contribution in [-0.4, -0.2) is 51.7 Å². The molecule has 0 unspecified atom stereocenters. The molecule has 2 N–H and O–H groups in total. The van der Waals surface area contributed by atoms with E-state index in [1.807, 2.05) is 0 Å². The molecule has 0 radical (unpaired) electrons. The highest BCUT2D eigenvalue weighted by atomic mass is 16.2. The van der Waals surface area contributed by atoms with Crippen molar-refractivity contribution in [3.63, 3.8) is 0 Å². The zero-order valence-corrected chi connectivity index (χ0v) is 11.8. The standard InChI is InChI=1S/C13H23N5O/c1-3-5-11-15-12(17-16-11)13(19)14-10-6-8-18(4-2)9-7-10/h10H,3-9H2,1-2H3,(H,14,19)(H,15,16,17). The molecule has 6 nitrogen and oxygen atoms in total. The predicted octanol–water partition coefficient (Wildman–Crippen LogP) is 0.971. The maximum atomic E-state index is 12.0. The lowest BCUT2D eigenvalue weighted by Gasteiger charge is -2.31. The molecule has 1 fully saturated rings. The number of hydrogen-bond acceptors (Lipinski definition) is 4. The predicted molar refractivity (Wildman–Crippen MR) is 73.0 cm³/mol. The first-order valence-electron chi connectivity index (χ1n) is 7.17. The van der Waals surface area contributed by atoms with Gasteiger partial charge in [0.1, 0.15) is 5.82 Å². The van der Waals surface area contributed by atoms with Crippen LogP contribution >= 0.6 is 0 Å². The van der Waals surface area contributed by atoms with Crippen LogP contribution < -0.4 is 5.32 Å². The summed E-state index contributed by atoms with van der Waals surface area (Å²) in [6.07, 6.45) is 3.83. The van der Waals surface area contributed by atoms with Gasteiger partial charge in [0.05, 0.1) is 0 Å². The number of amides is 1.